The molecule has 0 fully saturated rings. The maximum Gasteiger partial charge on any atom is 0.0952 e. The fourth-order valence-corrected chi connectivity index (χ4v) is 1.58. The van der Waals surface area contributed by atoms with Gasteiger partial charge in [-0.05, 0) is 18.2 Å². The zero-order chi connectivity index (χ0) is 8.67. The average Bonchev–Trinajstić information content (AvgIpc) is 2.65. The zero-order valence-electron chi connectivity index (χ0n) is 6.86. The van der Waals surface area contributed by atoms with Crippen molar-refractivity contribution in [3.8, 4) is 0 Å². The Labute approximate surface area is 74.4 Å². The summed E-state index contributed by atoms with van der Waals surface area (Å²) in [5, 5.41) is 10.2. The van der Waals surface area contributed by atoms with Gasteiger partial charge in [-0.1, -0.05) is 6.07 Å². The Kier molecular flexibility index (Phi) is 1.16. The van der Waals surface area contributed by atoms with Crippen molar-refractivity contribution < 1.29 is 0 Å². The molecule has 0 spiro atoms. The molecule has 3 aromatic rings. The number of nitrogens with one attached hydrogen (secondary N) is 1. The molecule has 0 bridgehead atoms. The molecule has 0 unspecified atom stereocenters. The molecular formula is C10H7N3. The third-order valence-electron chi connectivity index (χ3n) is 2.21. The topological polar surface area (TPSA) is 41.6 Å². The minimum absolute atomic E-state index is 0.951. The van der Waals surface area contributed by atoms with Crippen molar-refractivity contribution in [1.29, 1.82) is 0 Å². The predicted octanol–water partition coefficient (Wildman–Crippen LogP) is 2.11. The van der Waals surface area contributed by atoms with Crippen LogP contribution in [0.5, 0.6) is 0 Å². The van der Waals surface area contributed by atoms with Crippen molar-refractivity contribution in [2.24, 2.45) is 0 Å². The van der Waals surface area contributed by atoms with Gasteiger partial charge < -0.3 is 4.98 Å². The maximum absolute atomic E-state index is 4.00. The monoisotopic (exact) mass is 169 g/mol. The highest BCUT2D eigenvalue weighted by atomic mass is 15.1. The second-order valence-electron chi connectivity index (χ2n) is 2.97. The van der Waals surface area contributed by atoms with Gasteiger partial charge in [0, 0.05) is 22.5 Å². The van der Waals surface area contributed by atoms with E-state index in [0.717, 1.165) is 16.4 Å². The Morgan fingerprint density at radius 1 is 1.08 bits per heavy atom. The van der Waals surface area contributed by atoms with E-state index in [2.05, 4.69) is 21.2 Å². The van der Waals surface area contributed by atoms with Crippen molar-refractivity contribution in [2.75, 3.05) is 0 Å². The lowest BCUT2D eigenvalue weighted by atomic mass is 10.1. The van der Waals surface area contributed by atoms with Gasteiger partial charge in [-0.2, -0.15) is 10.2 Å². The second-order valence-corrected chi connectivity index (χ2v) is 2.97. The number of H-pyrrole nitrogens is 1. The molecule has 1 N–H and O–H groups in total. The molecule has 0 atom stereocenters. The summed E-state index contributed by atoms with van der Waals surface area (Å²) in [5.41, 5.74) is 2.07. The number of rotatable bonds is 0. The van der Waals surface area contributed by atoms with Crippen LogP contribution in [0.25, 0.3) is 21.8 Å². The summed E-state index contributed by atoms with van der Waals surface area (Å²) in [6.07, 6.45) is 3.71. The van der Waals surface area contributed by atoms with E-state index in [4.69, 9.17) is 0 Å². The van der Waals surface area contributed by atoms with Crippen molar-refractivity contribution in [2.45, 2.75) is 0 Å². The van der Waals surface area contributed by atoms with Gasteiger partial charge in [-0.3, -0.25) is 0 Å². The molecule has 0 saturated carbocycles. The van der Waals surface area contributed by atoms with Crippen molar-refractivity contribution in [3.63, 3.8) is 0 Å². The van der Waals surface area contributed by atoms with E-state index >= 15 is 0 Å². The highest BCUT2D eigenvalue weighted by Crippen LogP contribution is 2.21. The number of nitrogens with zero attached hydrogens (tertiary/aromatic N) is 2. The first-order chi connectivity index (χ1) is 6.45. The molecule has 2 aromatic heterocycles. The third kappa shape index (κ3) is 0.839. The fourth-order valence-electron chi connectivity index (χ4n) is 1.58. The number of aromatic amines is 1. The normalized spacial score (nSPS) is 11.1. The molecule has 0 aliphatic heterocycles. The Morgan fingerprint density at radius 2 is 2.08 bits per heavy atom. The van der Waals surface area contributed by atoms with Gasteiger partial charge in [-0.15, -0.1) is 0 Å². The lowest BCUT2D eigenvalue weighted by molar-refractivity contribution is 1.12. The van der Waals surface area contributed by atoms with Gasteiger partial charge in [0.1, 0.15) is 0 Å². The van der Waals surface area contributed by atoms with Gasteiger partial charge in [0.25, 0.3) is 0 Å². The van der Waals surface area contributed by atoms with Gasteiger partial charge in [-0.25, -0.2) is 0 Å². The highest BCUT2D eigenvalue weighted by Gasteiger charge is 2.00. The first-order valence-corrected chi connectivity index (χ1v) is 4.13. The summed E-state index contributed by atoms with van der Waals surface area (Å²) in [4.78, 5) is 3.18. The standard InChI is InChI=1S/C10H7N3/c1-2-7-8-6-12-13-10(8)4-3-9(7)11-5-1/h1-6,11H. The van der Waals surface area contributed by atoms with Crippen LogP contribution >= 0.6 is 0 Å². The molecule has 3 nitrogen and oxygen atoms in total. The van der Waals surface area contributed by atoms with Crippen molar-refractivity contribution in [1.82, 2.24) is 15.2 Å². The van der Waals surface area contributed by atoms with E-state index in [1.807, 2.05) is 24.4 Å². The molecule has 0 aliphatic carbocycles. The Balaban J connectivity index is 2.65. The molecule has 3 heteroatoms. The van der Waals surface area contributed by atoms with Crippen LogP contribution in [-0.2, 0) is 0 Å². The van der Waals surface area contributed by atoms with Crippen LogP contribution < -0.4 is 0 Å². The largest absolute Gasteiger partial charge is 0.361 e. The number of hydrogen-bond donors (Lipinski definition) is 1. The minimum Gasteiger partial charge on any atom is -0.361 e. The molecule has 2 heterocycles. The average molecular weight is 169 g/mol. The minimum atomic E-state index is 0.951. The summed E-state index contributed by atoms with van der Waals surface area (Å²) in [7, 11) is 0. The number of hydrogen-bond acceptors (Lipinski definition) is 2. The molecule has 0 aliphatic rings. The van der Waals surface area contributed by atoms with E-state index in [0.29, 0.717) is 0 Å². The lowest BCUT2D eigenvalue weighted by Gasteiger charge is -1.97. The highest BCUT2D eigenvalue weighted by molar-refractivity contribution is 6.04. The van der Waals surface area contributed by atoms with E-state index < -0.39 is 0 Å². The van der Waals surface area contributed by atoms with Crippen LogP contribution in [0.1, 0.15) is 0 Å². The Hall–Kier alpha value is -1.90. The van der Waals surface area contributed by atoms with Gasteiger partial charge in [0.05, 0.1) is 11.7 Å². The van der Waals surface area contributed by atoms with Gasteiger partial charge in [0.15, 0.2) is 0 Å². The summed E-state index contributed by atoms with van der Waals surface area (Å²) in [6, 6.07) is 8.04. The summed E-state index contributed by atoms with van der Waals surface area (Å²) in [5.74, 6) is 0. The SMILES string of the molecule is c1c[nH]c2ccc3nncc3c2c1. The Bertz CT molecular complexity index is 568. The first-order valence-electron chi connectivity index (χ1n) is 4.13. The summed E-state index contributed by atoms with van der Waals surface area (Å²) in [6.45, 7) is 0. The zero-order valence-corrected chi connectivity index (χ0v) is 6.86. The number of benzene rings is 1. The molecule has 0 saturated heterocycles. The van der Waals surface area contributed by atoms with Gasteiger partial charge >= 0.3 is 0 Å². The lowest BCUT2D eigenvalue weighted by Crippen LogP contribution is -1.77. The molecule has 0 radical (unpaired) electrons. The number of aromatic nitrogens is 3. The van der Waals surface area contributed by atoms with Crippen LogP contribution in [0.4, 0.5) is 0 Å². The van der Waals surface area contributed by atoms with Crippen LogP contribution in [0.3, 0.4) is 0 Å². The van der Waals surface area contributed by atoms with E-state index in [9.17, 15) is 0 Å². The maximum atomic E-state index is 4.00. The first kappa shape index (κ1) is 6.60. The third-order valence-corrected chi connectivity index (χ3v) is 2.21. The molecule has 3 rings (SSSR count). The number of pyridine rings is 1. The predicted molar refractivity (Wildman–Crippen MR) is 51.4 cm³/mol. The molecular weight excluding hydrogens is 162 g/mol. The number of fused-ring (bicyclic) bond motifs is 3. The summed E-state index contributed by atoms with van der Waals surface area (Å²) >= 11 is 0. The van der Waals surface area contributed by atoms with Crippen molar-refractivity contribution in [3.05, 3.63) is 36.7 Å². The van der Waals surface area contributed by atoms with Gasteiger partial charge in [0.2, 0.25) is 0 Å². The quantitative estimate of drug-likeness (QED) is 0.560. The molecule has 62 valence electrons. The van der Waals surface area contributed by atoms with Crippen LogP contribution in [-0.4, -0.2) is 15.2 Å². The fraction of sp³-hybridized carbons (Fsp3) is 0. The Morgan fingerprint density at radius 3 is 3.08 bits per heavy atom. The van der Waals surface area contributed by atoms with Crippen LogP contribution in [0.2, 0.25) is 0 Å². The van der Waals surface area contributed by atoms with Crippen LogP contribution in [0, 0.1) is 0 Å². The molecule has 1 aromatic carbocycles. The smallest absolute Gasteiger partial charge is 0.0952 e. The van der Waals surface area contributed by atoms with E-state index in [1.54, 1.807) is 6.20 Å². The molecule has 13 heavy (non-hydrogen) atoms. The molecule has 0 amide bonds. The van der Waals surface area contributed by atoms with E-state index in [1.165, 1.54) is 5.39 Å². The van der Waals surface area contributed by atoms with Crippen LogP contribution in [0.15, 0.2) is 36.7 Å². The van der Waals surface area contributed by atoms with Crippen molar-refractivity contribution >= 4 is 21.8 Å². The second kappa shape index (κ2) is 2.29. The summed E-state index contributed by atoms with van der Waals surface area (Å²) < 4.78 is 0. The van der Waals surface area contributed by atoms with E-state index in [-0.39, 0.29) is 0 Å².